The predicted molar refractivity (Wildman–Crippen MR) is 64.0 cm³/mol. The van der Waals surface area contributed by atoms with Crippen LogP contribution in [0.25, 0.3) is 0 Å². The van der Waals surface area contributed by atoms with Crippen molar-refractivity contribution in [1.82, 2.24) is 10.6 Å². The molecule has 0 spiro atoms. The Bertz CT molecular complexity index is 296. The molecule has 0 aliphatic carbocycles. The topological polar surface area (TPSA) is 70.6 Å². The van der Waals surface area contributed by atoms with Crippen LogP contribution in [0.5, 0.6) is 0 Å². The van der Waals surface area contributed by atoms with E-state index in [1.807, 2.05) is 13.8 Å². The van der Waals surface area contributed by atoms with Crippen LogP contribution < -0.4 is 10.6 Å². The maximum Gasteiger partial charge on any atom is 0.191 e. The molecule has 0 aromatic carbocycles. The average molecular weight is 235 g/mol. The lowest BCUT2D eigenvalue weighted by molar-refractivity contribution is 0.598. The number of aliphatic imine (C=N–C) groups is 1. The minimum absolute atomic E-state index is 0.207. The van der Waals surface area contributed by atoms with Gasteiger partial charge < -0.3 is 10.6 Å². The Kier molecular flexibility index (Phi) is 6.31. The average Bonchev–Trinajstić information content (AvgIpc) is 2.08. The summed E-state index contributed by atoms with van der Waals surface area (Å²) in [6.07, 6.45) is 1.84. The van der Waals surface area contributed by atoms with Gasteiger partial charge in [-0.2, -0.15) is 0 Å². The van der Waals surface area contributed by atoms with Crippen molar-refractivity contribution in [2.75, 3.05) is 25.6 Å². The Morgan fingerprint density at radius 3 is 2.40 bits per heavy atom. The maximum atomic E-state index is 10.8. The molecule has 0 aliphatic rings. The molecule has 0 aromatic heterocycles. The van der Waals surface area contributed by atoms with Crippen molar-refractivity contribution < 1.29 is 8.42 Å². The summed E-state index contributed by atoms with van der Waals surface area (Å²) in [5.74, 6) is 0.914. The van der Waals surface area contributed by atoms with E-state index in [2.05, 4.69) is 15.6 Å². The van der Waals surface area contributed by atoms with Gasteiger partial charge in [0.05, 0.1) is 5.75 Å². The van der Waals surface area contributed by atoms with Gasteiger partial charge in [0.1, 0.15) is 9.84 Å². The van der Waals surface area contributed by atoms with Gasteiger partial charge in [-0.25, -0.2) is 8.42 Å². The smallest absolute Gasteiger partial charge is 0.191 e. The molecule has 2 N–H and O–H groups in total. The highest BCUT2D eigenvalue weighted by molar-refractivity contribution is 7.90. The number of hydrogen-bond acceptors (Lipinski definition) is 3. The second-order valence-corrected chi connectivity index (χ2v) is 6.04. The molecule has 0 amide bonds. The van der Waals surface area contributed by atoms with Crippen LogP contribution in [0.1, 0.15) is 20.3 Å². The molecule has 0 heterocycles. The first-order chi connectivity index (χ1) is 6.85. The number of guanidine groups is 1. The SMILES string of the molecule is CN=C(NCCCS(C)(=O)=O)NC(C)C. The van der Waals surface area contributed by atoms with Gasteiger partial charge in [0.15, 0.2) is 5.96 Å². The Labute approximate surface area is 92.3 Å². The van der Waals surface area contributed by atoms with Crippen LogP contribution in [0.4, 0.5) is 0 Å². The van der Waals surface area contributed by atoms with Crippen molar-refractivity contribution >= 4 is 15.8 Å². The fraction of sp³-hybridized carbons (Fsp3) is 0.889. The van der Waals surface area contributed by atoms with Crippen molar-refractivity contribution in [1.29, 1.82) is 0 Å². The van der Waals surface area contributed by atoms with Crippen LogP contribution in [-0.2, 0) is 9.84 Å². The van der Waals surface area contributed by atoms with E-state index < -0.39 is 9.84 Å². The summed E-state index contributed by atoms with van der Waals surface area (Å²) in [7, 11) is -1.16. The van der Waals surface area contributed by atoms with E-state index in [0.29, 0.717) is 25.0 Å². The summed E-state index contributed by atoms with van der Waals surface area (Å²) in [5, 5.41) is 6.16. The van der Waals surface area contributed by atoms with Gasteiger partial charge in [-0.15, -0.1) is 0 Å². The summed E-state index contributed by atoms with van der Waals surface area (Å²) < 4.78 is 21.7. The molecule has 6 heteroatoms. The Morgan fingerprint density at radius 2 is 2.00 bits per heavy atom. The zero-order chi connectivity index (χ0) is 11.9. The summed E-state index contributed by atoms with van der Waals surface area (Å²) >= 11 is 0. The highest BCUT2D eigenvalue weighted by Gasteiger charge is 2.02. The van der Waals surface area contributed by atoms with Crippen LogP contribution in [0.15, 0.2) is 4.99 Å². The third kappa shape index (κ3) is 9.52. The van der Waals surface area contributed by atoms with Crippen molar-refractivity contribution in [3.05, 3.63) is 0 Å². The molecular formula is C9H21N3O2S. The van der Waals surface area contributed by atoms with E-state index in [9.17, 15) is 8.42 Å². The third-order valence-corrected chi connectivity index (χ3v) is 2.66. The summed E-state index contributed by atoms with van der Waals surface area (Å²) in [5.41, 5.74) is 0. The van der Waals surface area contributed by atoms with Crippen molar-refractivity contribution in [3.8, 4) is 0 Å². The van der Waals surface area contributed by atoms with Gasteiger partial charge in [-0.3, -0.25) is 4.99 Å². The van der Waals surface area contributed by atoms with Gasteiger partial charge in [0, 0.05) is 25.9 Å². The number of hydrogen-bond donors (Lipinski definition) is 2. The molecule has 0 bridgehead atoms. The summed E-state index contributed by atoms with van der Waals surface area (Å²) in [6, 6.07) is 0.311. The van der Waals surface area contributed by atoms with Crippen molar-refractivity contribution in [2.24, 2.45) is 4.99 Å². The first-order valence-electron chi connectivity index (χ1n) is 5.00. The maximum absolute atomic E-state index is 10.8. The lowest BCUT2D eigenvalue weighted by Gasteiger charge is -2.13. The quantitative estimate of drug-likeness (QED) is 0.399. The van der Waals surface area contributed by atoms with Gasteiger partial charge in [0.2, 0.25) is 0 Å². The lowest BCUT2D eigenvalue weighted by Crippen LogP contribution is -2.41. The van der Waals surface area contributed by atoms with Gasteiger partial charge >= 0.3 is 0 Å². The number of sulfone groups is 1. The zero-order valence-electron chi connectivity index (χ0n) is 9.87. The zero-order valence-corrected chi connectivity index (χ0v) is 10.7. The second-order valence-electron chi connectivity index (χ2n) is 3.78. The molecule has 0 aromatic rings. The third-order valence-electron chi connectivity index (χ3n) is 1.63. The van der Waals surface area contributed by atoms with Gasteiger partial charge in [0.25, 0.3) is 0 Å². The van der Waals surface area contributed by atoms with Gasteiger partial charge in [-0.05, 0) is 20.3 Å². The van der Waals surface area contributed by atoms with E-state index in [-0.39, 0.29) is 5.75 Å². The standard InChI is InChI=1S/C9H21N3O2S/c1-8(2)12-9(10-3)11-6-5-7-15(4,13)14/h8H,5-7H2,1-4H3,(H2,10,11,12). The van der Waals surface area contributed by atoms with Crippen LogP contribution in [-0.4, -0.2) is 46.0 Å². The molecule has 90 valence electrons. The minimum atomic E-state index is -2.85. The normalized spacial score (nSPS) is 13.0. The van der Waals surface area contributed by atoms with E-state index in [1.165, 1.54) is 6.26 Å². The fourth-order valence-electron chi connectivity index (χ4n) is 1.01. The predicted octanol–water partition coefficient (Wildman–Crippen LogP) is -0.00550. The Balaban J connectivity index is 3.75. The van der Waals surface area contributed by atoms with E-state index >= 15 is 0 Å². The highest BCUT2D eigenvalue weighted by Crippen LogP contribution is 1.87. The van der Waals surface area contributed by atoms with Crippen molar-refractivity contribution in [3.63, 3.8) is 0 Å². The molecular weight excluding hydrogens is 214 g/mol. The molecule has 0 fully saturated rings. The first-order valence-corrected chi connectivity index (χ1v) is 7.06. The summed E-state index contributed by atoms with van der Waals surface area (Å²) in [6.45, 7) is 4.65. The van der Waals surface area contributed by atoms with E-state index in [1.54, 1.807) is 7.05 Å². The van der Waals surface area contributed by atoms with Crippen molar-refractivity contribution in [2.45, 2.75) is 26.3 Å². The van der Waals surface area contributed by atoms with E-state index in [0.717, 1.165) is 0 Å². The molecule has 5 nitrogen and oxygen atoms in total. The fourth-order valence-corrected chi connectivity index (χ4v) is 1.68. The number of rotatable bonds is 5. The summed E-state index contributed by atoms with van der Waals surface area (Å²) in [4.78, 5) is 4.01. The van der Waals surface area contributed by atoms with Crippen LogP contribution >= 0.6 is 0 Å². The second kappa shape index (κ2) is 6.66. The molecule has 0 rings (SSSR count). The highest BCUT2D eigenvalue weighted by atomic mass is 32.2. The minimum Gasteiger partial charge on any atom is -0.356 e. The van der Waals surface area contributed by atoms with Crippen LogP contribution in [0, 0.1) is 0 Å². The monoisotopic (exact) mass is 235 g/mol. The first kappa shape index (κ1) is 14.2. The van der Waals surface area contributed by atoms with Gasteiger partial charge in [-0.1, -0.05) is 0 Å². The molecule has 0 saturated heterocycles. The number of nitrogens with zero attached hydrogens (tertiary/aromatic N) is 1. The molecule has 0 aliphatic heterocycles. The molecule has 15 heavy (non-hydrogen) atoms. The van der Waals surface area contributed by atoms with Crippen LogP contribution in [0.2, 0.25) is 0 Å². The molecule has 0 unspecified atom stereocenters. The van der Waals surface area contributed by atoms with E-state index in [4.69, 9.17) is 0 Å². The lowest BCUT2D eigenvalue weighted by atomic mass is 10.4. The Morgan fingerprint density at radius 1 is 1.40 bits per heavy atom. The molecule has 0 atom stereocenters. The Hall–Kier alpha value is -0.780. The largest absolute Gasteiger partial charge is 0.356 e. The van der Waals surface area contributed by atoms with Crippen LogP contribution in [0.3, 0.4) is 0 Å². The molecule has 0 radical (unpaired) electrons. The number of nitrogens with one attached hydrogen (secondary N) is 2. The molecule has 0 saturated carbocycles.